The highest BCUT2D eigenvalue weighted by Gasteiger charge is 2.23. The van der Waals surface area contributed by atoms with Crippen molar-refractivity contribution < 1.29 is 8.42 Å². The topological polar surface area (TPSA) is 89.6 Å². The zero-order valence-electron chi connectivity index (χ0n) is 19.3. The van der Waals surface area contributed by atoms with Crippen molar-refractivity contribution in [1.82, 2.24) is 14.7 Å². The number of benzene rings is 2. The standard InChI is InChI=1S/C24H31N5O2S2/c1-4-13-29(14-5-2)33(30,31)20-11-12-23-21(15-20)19(16-25-23)17-26-28-24(32)27-22-10-8-7-9-18(22)6-3/h7-12,15-17,25H,4-6,13-14H2,1-3H3,(H2,27,28,32)/b26-17-. The number of thiocarbonyl (C=S) groups is 1. The summed E-state index contributed by atoms with van der Waals surface area (Å²) in [5.41, 5.74) is 6.54. The van der Waals surface area contributed by atoms with E-state index in [2.05, 4.69) is 27.8 Å². The Hall–Kier alpha value is -2.75. The maximum atomic E-state index is 13.2. The summed E-state index contributed by atoms with van der Waals surface area (Å²) >= 11 is 5.35. The average Bonchev–Trinajstić information content (AvgIpc) is 3.21. The number of hydrogen-bond donors (Lipinski definition) is 3. The molecule has 0 aliphatic rings. The number of hydrazone groups is 1. The molecule has 0 saturated carbocycles. The van der Waals surface area contributed by atoms with Gasteiger partial charge in [-0.2, -0.15) is 9.41 Å². The van der Waals surface area contributed by atoms with Crippen LogP contribution in [0.15, 0.2) is 58.7 Å². The minimum absolute atomic E-state index is 0.285. The van der Waals surface area contributed by atoms with Crippen LogP contribution in [0.4, 0.5) is 5.69 Å². The largest absolute Gasteiger partial charge is 0.361 e. The molecule has 3 rings (SSSR count). The third-order valence-corrected chi connectivity index (χ3v) is 7.37. The van der Waals surface area contributed by atoms with Gasteiger partial charge < -0.3 is 10.3 Å². The third kappa shape index (κ3) is 5.98. The first kappa shape index (κ1) is 24.9. The number of aryl methyl sites for hydroxylation is 1. The van der Waals surface area contributed by atoms with Crippen molar-refractivity contribution in [2.24, 2.45) is 5.10 Å². The lowest BCUT2D eigenvalue weighted by molar-refractivity contribution is 0.410. The summed E-state index contributed by atoms with van der Waals surface area (Å²) in [7, 11) is -3.56. The normalized spacial score (nSPS) is 12.0. The number of nitrogens with one attached hydrogen (secondary N) is 3. The van der Waals surface area contributed by atoms with E-state index >= 15 is 0 Å². The summed E-state index contributed by atoms with van der Waals surface area (Å²) in [4.78, 5) is 3.45. The fourth-order valence-electron chi connectivity index (χ4n) is 3.65. The molecular weight excluding hydrogens is 454 g/mol. The highest BCUT2D eigenvalue weighted by atomic mass is 32.2. The van der Waals surface area contributed by atoms with Gasteiger partial charge in [0, 0.05) is 41.4 Å². The predicted octanol–water partition coefficient (Wildman–Crippen LogP) is 4.86. The molecule has 0 amide bonds. The van der Waals surface area contributed by atoms with E-state index in [-0.39, 0.29) is 4.90 Å². The van der Waals surface area contributed by atoms with Gasteiger partial charge in [-0.25, -0.2) is 8.42 Å². The number of sulfonamides is 1. The summed E-state index contributed by atoms with van der Waals surface area (Å²) in [5, 5.41) is 8.56. The van der Waals surface area contributed by atoms with Crippen LogP contribution < -0.4 is 10.7 Å². The number of nitrogens with zero attached hydrogens (tertiary/aromatic N) is 2. The lowest BCUT2D eigenvalue weighted by atomic mass is 10.1. The third-order valence-electron chi connectivity index (χ3n) is 5.29. The van der Waals surface area contributed by atoms with Crippen LogP contribution >= 0.6 is 12.2 Å². The first-order chi connectivity index (χ1) is 15.9. The van der Waals surface area contributed by atoms with Crippen molar-refractivity contribution >= 4 is 50.2 Å². The van der Waals surface area contributed by atoms with Crippen molar-refractivity contribution in [1.29, 1.82) is 0 Å². The van der Waals surface area contributed by atoms with Gasteiger partial charge in [-0.3, -0.25) is 5.43 Å². The van der Waals surface area contributed by atoms with Gasteiger partial charge in [0.05, 0.1) is 11.1 Å². The van der Waals surface area contributed by atoms with Gasteiger partial charge >= 0.3 is 0 Å². The lowest BCUT2D eigenvalue weighted by Crippen LogP contribution is -2.32. The Morgan fingerprint density at radius 2 is 1.85 bits per heavy atom. The van der Waals surface area contributed by atoms with Gasteiger partial charge in [0.2, 0.25) is 10.0 Å². The molecule has 1 heterocycles. The summed E-state index contributed by atoms with van der Waals surface area (Å²) in [6, 6.07) is 13.1. The van der Waals surface area contributed by atoms with Gasteiger partial charge in [-0.1, -0.05) is 39.0 Å². The van der Waals surface area contributed by atoms with Gasteiger partial charge in [-0.15, -0.1) is 0 Å². The van der Waals surface area contributed by atoms with Crippen LogP contribution in [0.1, 0.15) is 44.7 Å². The molecule has 0 saturated heterocycles. The van der Waals surface area contributed by atoms with E-state index in [0.29, 0.717) is 18.2 Å². The molecule has 1 aromatic heterocycles. The number of para-hydroxylation sites is 1. The molecule has 33 heavy (non-hydrogen) atoms. The highest BCUT2D eigenvalue weighted by Crippen LogP contribution is 2.24. The van der Waals surface area contributed by atoms with Crippen LogP contribution in [0.25, 0.3) is 10.9 Å². The molecule has 0 unspecified atom stereocenters. The first-order valence-electron chi connectivity index (χ1n) is 11.2. The molecule has 9 heteroatoms. The van der Waals surface area contributed by atoms with Gasteiger partial charge in [-0.05, 0) is 61.3 Å². The SMILES string of the molecule is CCCN(CCC)S(=O)(=O)c1ccc2[nH]cc(/C=N\NC(=S)Nc3ccccc3CC)c2c1. The Bertz CT molecular complexity index is 1230. The second kappa shape index (κ2) is 11.4. The number of aromatic nitrogens is 1. The number of hydrogen-bond acceptors (Lipinski definition) is 4. The molecule has 0 aliphatic carbocycles. The van der Waals surface area contributed by atoms with E-state index in [4.69, 9.17) is 12.2 Å². The fourth-order valence-corrected chi connectivity index (χ4v) is 5.46. The second-order valence-electron chi connectivity index (χ2n) is 7.69. The molecule has 3 N–H and O–H groups in total. The Labute approximate surface area is 201 Å². The Morgan fingerprint density at radius 3 is 2.55 bits per heavy atom. The molecule has 0 aliphatic heterocycles. The molecule has 0 spiro atoms. The quantitative estimate of drug-likeness (QED) is 0.217. The van der Waals surface area contributed by atoms with Crippen molar-refractivity contribution in [2.75, 3.05) is 18.4 Å². The zero-order chi connectivity index (χ0) is 23.8. The van der Waals surface area contributed by atoms with Gasteiger partial charge in [0.1, 0.15) is 0 Å². The Balaban J connectivity index is 1.77. The van der Waals surface area contributed by atoms with E-state index in [1.54, 1.807) is 34.9 Å². The molecule has 2 aromatic carbocycles. The van der Waals surface area contributed by atoms with Crippen LogP contribution in [0.5, 0.6) is 0 Å². The van der Waals surface area contributed by atoms with E-state index < -0.39 is 10.0 Å². The van der Waals surface area contributed by atoms with E-state index in [1.165, 1.54) is 0 Å². The van der Waals surface area contributed by atoms with Crippen LogP contribution in [-0.4, -0.2) is 42.1 Å². The zero-order valence-corrected chi connectivity index (χ0v) is 20.9. The number of H-pyrrole nitrogens is 1. The van der Waals surface area contributed by atoms with Gasteiger partial charge in [0.15, 0.2) is 5.11 Å². The van der Waals surface area contributed by atoms with Gasteiger partial charge in [0.25, 0.3) is 0 Å². The molecule has 0 bridgehead atoms. The molecule has 176 valence electrons. The molecular formula is C24H31N5O2S2. The molecule has 7 nitrogen and oxygen atoms in total. The average molecular weight is 486 g/mol. The smallest absolute Gasteiger partial charge is 0.243 e. The maximum Gasteiger partial charge on any atom is 0.243 e. The molecule has 0 radical (unpaired) electrons. The van der Waals surface area contributed by atoms with E-state index in [1.807, 2.05) is 38.1 Å². The van der Waals surface area contributed by atoms with Crippen LogP contribution in [-0.2, 0) is 16.4 Å². The van der Waals surface area contributed by atoms with E-state index in [0.717, 1.165) is 47.0 Å². The van der Waals surface area contributed by atoms with E-state index in [9.17, 15) is 8.42 Å². The molecule has 0 atom stereocenters. The van der Waals surface area contributed by atoms with Crippen LogP contribution in [0.2, 0.25) is 0 Å². The van der Waals surface area contributed by atoms with Crippen molar-refractivity contribution in [3.05, 3.63) is 59.8 Å². The summed E-state index contributed by atoms with van der Waals surface area (Å²) in [5.74, 6) is 0. The monoisotopic (exact) mass is 485 g/mol. The summed E-state index contributed by atoms with van der Waals surface area (Å²) in [6.45, 7) is 7.06. The maximum absolute atomic E-state index is 13.2. The Morgan fingerprint density at radius 1 is 1.12 bits per heavy atom. The van der Waals surface area contributed by atoms with Crippen molar-refractivity contribution in [3.63, 3.8) is 0 Å². The lowest BCUT2D eigenvalue weighted by Gasteiger charge is -2.21. The first-order valence-corrected chi connectivity index (χ1v) is 13.0. The fraction of sp³-hybridized carbons (Fsp3) is 0.333. The van der Waals surface area contributed by atoms with Crippen LogP contribution in [0, 0.1) is 0 Å². The molecule has 0 fully saturated rings. The minimum Gasteiger partial charge on any atom is -0.361 e. The van der Waals surface area contributed by atoms with Crippen molar-refractivity contribution in [2.45, 2.75) is 44.9 Å². The second-order valence-corrected chi connectivity index (χ2v) is 10.0. The highest BCUT2D eigenvalue weighted by molar-refractivity contribution is 7.89. The number of rotatable bonds is 10. The van der Waals surface area contributed by atoms with Crippen molar-refractivity contribution in [3.8, 4) is 0 Å². The Kier molecular flexibility index (Phi) is 8.60. The number of fused-ring (bicyclic) bond motifs is 1. The number of anilines is 1. The minimum atomic E-state index is -3.56. The number of aromatic amines is 1. The molecule has 3 aromatic rings. The summed E-state index contributed by atoms with van der Waals surface area (Å²) in [6.07, 6.45) is 5.86. The predicted molar refractivity (Wildman–Crippen MR) is 140 cm³/mol. The van der Waals surface area contributed by atoms with Crippen LogP contribution in [0.3, 0.4) is 0 Å². The summed E-state index contributed by atoms with van der Waals surface area (Å²) < 4.78 is 27.9.